The Morgan fingerprint density at radius 3 is 2.78 bits per heavy atom. The third-order valence-corrected chi connectivity index (χ3v) is 6.13. The van der Waals surface area contributed by atoms with E-state index in [0.717, 1.165) is 27.7 Å². The van der Waals surface area contributed by atoms with Gasteiger partial charge in [-0.25, -0.2) is 18.1 Å². The summed E-state index contributed by atoms with van der Waals surface area (Å²) in [6, 6.07) is 3.79. The zero-order chi connectivity index (χ0) is 16.0. The second-order valence-electron chi connectivity index (χ2n) is 5.93. The molecule has 7 heteroatoms. The van der Waals surface area contributed by atoms with Gasteiger partial charge in [-0.05, 0) is 36.6 Å². The third-order valence-electron chi connectivity index (χ3n) is 4.38. The van der Waals surface area contributed by atoms with Crippen molar-refractivity contribution in [2.24, 2.45) is 0 Å². The highest BCUT2D eigenvalue weighted by Crippen LogP contribution is 2.32. The first-order valence-electron chi connectivity index (χ1n) is 7.49. The molecule has 118 valence electrons. The molecule has 3 aromatic rings. The molecule has 1 saturated heterocycles. The molecule has 0 amide bonds. The van der Waals surface area contributed by atoms with Crippen LogP contribution in [0.15, 0.2) is 36.9 Å². The first kappa shape index (κ1) is 14.3. The van der Waals surface area contributed by atoms with E-state index in [-0.39, 0.29) is 17.5 Å². The van der Waals surface area contributed by atoms with Crippen LogP contribution in [0.3, 0.4) is 0 Å². The molecule has 4 heterocycles. The highest BCUT2D eigenvalue weighted by atomic mass is 32.2. The number of hydrogen-bond donors (Lipinski definition) is 0. The molecule has 1 aliphatic heterocycles. The minimum absolute atomic E-state index is 0.129. The van der Waals surface area contributed by atoms with E-state index in [9.17, 15) is 8.42 Å². The van der Waals surface area contributed by atoms with Crippen LogP contribution in [0.2, 0.25) is 0 Å². The second-order valence-corrected chi connectivity index (χ2v) is 8.16. The number of pyridine rings is 2. The minimum Gasteiger partial charge on any atom is -0.264 e. The van der Waals surface area contributed by atoms with Gasteiger partial charge < -0.3 is 0 Å². The van der Waals surface area contributed by atoms with Crippen LogP contribution in [-0.2, 0) is 9.84 Å². The van der Waals surface area contributed by atoms with Crippen molar-refractivity contribution in [1.82, 2.24) is 19.7 Å². The molecule has 0 aromatic carbocycles. The van der Waals surface area contributed by atoms with E-state index in [1.807, 2.05) is 25.3 Å². The fraction of sp³-hybridized carbons (Fsp3) is 0.312. The number of sulfone groups is 1. The molecule has 0 bridgehead atoms. The summed E-state index contributed by atoms with van der Waals surface area (Å²) >= 11 is 0. The van der Waals surface area contributed by atoms with Gasteiger partial charge in [-0.15, -0.1) is 0 Å². The van der Waals surface area contributed by atoms with Crippen LogP contribution in [0.1, 0.15) is 18.0 Å². The standard InChI is InChI=1S/C16H16N4O2S/c1-11-2-5-17-8-14(11)13-3-6-18-16-15(13)9-19-20(16)12-4-7-23(21,22)10-12/h2-3,5-6,8-9,12H,4,7,10H2,1H3. The monoisotopic (exact) mass is 328 g/mol. The maximum Gasteiger partial charge on any atom is 0.158 e. The Kier molecular flexibility index (Phi) is 3.19. The van der Waals surface area contributed by atoms with Gasteiger partial charge in [-0.2, -0.15) is 5.10 Å². The van der Waals surface area contributed by atoms with Gasteiger partial charge >= 0.3 is 0 Å². The summed E-state index contributed by atoms with van der Waals surface area (Å²) < 4.78 is 25.2. The summed E-state index contributed by atoms with van der Waals surface area (Å²) in [5.41, 5.74) is 3.92. The average molecular weight is 328 g/mol. The predicted molar refractivity (Wildman–Crippen MR) is 87.8 cm³/mol. The second kappa shape index (κ2) is 5.13. The molecular weight excluding hydrogens is 312 g/mol. The molecule has 0 spiro atoms. The number of aromatic nitrogens is 4. The van der Waals surface area contributed by atoms with Crippen molar-refractivity contribution in [3.05, 3.63) is 42.5 Å². The van der Waals surface area contributed by atoms with Gasteiger partial charge in [0.15, 0.2) is 15.5 Å². The van der Waals surface area contributed by atoms with E-state index in [1.54, 1.807) is 23.3 Å². The molecule has 0 N–H and O–H groups in total. The lowest BCUT2D eigenvalue weighted by Gasteiger charge is -2.10. The maximum atomic E-state index is 11.7. The van der Waals surface area contributed by atoms with Crippen LogP contribution in [0.25, 0.3) is 22.2 Å². The van der Waals surface area contributed by atoms with Crippen molar-refractivity contribution < 1.29 is 8.42 Å². The zero-order valence-electron chi connectivity index (χ0n) is 12.7. The van der Waals surface area contributed by atoms with Gasteiger partial charge in [-0.3, -0.25) is 4.98 Å². The van der Waals surface area contributed by atoms with Gasteiger partial charge in [0, 0.05) is 29.5 Å². The zero-order valence-corrected chi connectivity index (χ0v) is 13.5. The SMILES string of the molecule is Cc1ccncc1-c1ccnc2c1cnn2C1CCS(=O)(=O)C1. The van der Waals surface area contributed by atoms with Crippen LogP contribution >= 0.6 is 0 Å². The maximum absolute atomic E-state index is 11.7. The largest absolute Gasteiger partial charge is 0.264 e. The quantitative estimate of drug-likeness (QED) is 0.720. The van der Waals surface area contributed by atoms with E-state index in [4.69, 9.17) is 0 Å². The normalized spacial score (nSPS) is 20.1. The molecular formula is C16H16N4O2S. The number of aryl methyl sites for hydroxylation is 1. The Labute approximate surface area is 134 Å². The van der Waals surface area contributed by atoms with Gasteiger partial charge in [0.05, 0.1) is 23.7 Å². The summed E-state index contributed by atoms with van der Waals surface area (Å²) in [6.45, 7) is 2.04. The predicted octanol–water partition coefficient (Wildman–Crippen LogP) is 2.16. The van der Waals surface area contributed by atoms with Gasteiger partial charge in [0.25, 0.3) is 0 Å². The first-order chi connectivity index (χ1) is 11.1. The van der Waals surface area contributed by atoms with Crippen LogP contribution in [0, 0.1) is 6.92 Å². The lowest BCUT2D eigenvalue weighted by molar-refractivity contribution is 0.512. The van der Waals surface area contributed by atoms with Gasteiger partial charge in [0.2, 0.25) is 0 Å². The average Bonchev–Trinajstić information content (AvgIpc) is 3.10. The Morgan fingerprint density at radius 1 is 1.17 bits per heavy atom. The first-order valence-corrected chi connectivity index (χ1v) is 9.31. The summed E-state index contributed by atoms with van der Waals surface area (Å²) in [4.78, 5) is 8.64. The Bertz CT molecular complexity index is 994. The molecule has 6 nitrogen and oxygen atoms in total. The van der Waals surface area contributed by atoms with Crippen molar-refractivity contribution in [2.45, 2.75) is 19.4 Å². The minimum atomic E-state index is -2.96. The lowest BCUT2D eigenvalue weighted by atomic mass is 10.0. The van der Waals surface area contributed by atoms with Crippen LogP contribution in [0.4, 0.5) is 0 Å². The smallest absolute Gasteiger partial charge is 0.158 e. The molecule has 0 radical (unpaired) electrons. The van der Waals surface area contributed by atoms with E-state index < -0.39 is 9.84 Å². The molecule has 1 atom stereocenters. The van der Waals surface area contributed by atoms with E-state index >= 15 is 0 Å². The van der Waals surface area contributed by atoms with Crippen molar-refractivity contribution in [1.29, 1.82) is 0 Å². The molecule has 1 unspecified atom stereocenters. The third kappa shape index (κ3) is 2.41. The summed E-state index contributed by atoms with van der Waals surface area (Å²) in [7, 11) is -2.96. The topological polar surface area (TPSA) is 77.7 Å². The Morgan fingerprint density at radius 2 is 2.04 bits per heavy atom. The number of rotatable bonds is 2. The highest BCUT2D eigenvalue weighted by Gasteiger charge is 2.31. The molecule has 1 aliphatic rings. The van der Waals surface area contributed by atoms with Crippen molar-refractivity contribution in [3.63, 3.8) is 0 Å². The molecule has 23 heavy (non-hydrogen) atoms. The lowest BCUT2D eigenvalue weighted by Crippen LogP contribution is -2.12. The van der Waals surface area contributed by atoms with Crippen molar-refractivity contribution in [3.8, 4) is 11.1 Å². The molecule has 0 saturated carbocycles. The number of hydrogen-bond acceptors (Lipinski definition) is 5. The number of fused-ring (bicyclic) bond motifs is 1. The fourth-order valence-corrected chi connectivity index (χ4v) is 4.85. The van der Waals surface area contributed by atoms with Crippen molar-refractivity contribution in [2.75, 3.05) is 11.5 Å². The highest BCUT2D eigenvalue weighted by molar-refractivity contribution is 7.91. The Hall–Kier alpha value is -2.28. The number of nitrogens with zero attached hydrogens (tertiary/aromatic N) is 4. The Balaban J connectivity index is 1.86. The summed E-state index contributed by atoms with van der Waals surface area (Å²) in [5, 5.41) is 5.35. The summed E-state index contributed by atoms with van der Waals surface area (Å²) in [5.74, 6) is 0.363. The molecule has 0 aliphatic carbocycles. The van der Waals surface area contributed by atoms with E-state index in [1.165, 1.54) is 0 Å². The van der Waals surface area contributed by atoms with Crippen LogP contribution in [0.5, 0.6) is 0 Å². The summed E-state index contributed by atoms with van der Waals surface area (Å²) in [6.07, 6.45) is 7.71. The van der Waals surface area contributed by atoms with E-state index in [0.29, 0.717) is 6.42 Å². The van der Waals surface area contributed by atoms with E-state index in [2.05, 4.69) is 15.1 Å². The van der Waals surface area contributed by atoms with Gasteiger partial charge in [-0.1, -0.05) is 0 Å². The van der Waals surface area contributed by atoms with Crippen LogP contribution in [-0.4, -0.2) is 39.7 Å². The molecule has 4 rings (SSSR count). The van der Waals surface area contributed by atoms with Gasteiger partial charge in [0.1, 0.15) is 0 Å². The van der Waals surface area contributed by atoms with Crippen molar-refractivity contribution >= 4 is 20.9 Å². The fourth-order valence-electron chi connectivity index (χ4n) is 3.16. The molecule has 3 aromatic heterocycles. The molecule has 1 fully saturated rings. The van der Waals surface area contributed by atoms with Crippen LogP contribution < -0.4 is 0 Å².